The van der Waals surface area contributed by atoms with E-state index in [9.17, 15) is 8.42 Å². The minimum absolute atomic E-state index is 0.0297. The molecule has 0 unspecified atom stereocenters. The highest BCUT2D eigenvalue weighted by Crippen LogP contribution is 2.37. The predicted molar refractivity (Wildman–Crippen MR) is 116 cm³/mol. The molecule has 2 aromatic carbocycles. The van der Waals surface area contributed by atoms with Gasteiger partial charge < -0.3 is 9.64 Å². The molecule has 148 valence electrons. The van der Waals surface area contributed by atoms with E-state index in [4.69, 9.17) is 9.73 Å². The van der Waals surface area contributed by atoms with Gasteiger partial charge >= 0.3 is 0 Å². The normalized spacial score (nSPS) is 22.6. The van der Waals surface area contributed by atoms with Crippen molar-refractivity contribution in [3.63, 3.8) is 0 Å². The van der Waals surface area contributed by atoms with Crippen LogP contribution in [0.5, 0.6) is 5.75 Å². The summed E-state index contributed by atoms with van der Waals surface area (Å²) in [5.74, 6) is 1.22. The third kappa shape index (κ3) is 4.05. The fraction of sp³-hybridized carbons (Fsp3) is 0.381. The van der Waals surface area contributed by atoms with Crippen molar-refractivity contribution < 1.29 is 13.2 Å². The third-order valence-electron chi connectivity index (χ3n) is 5.09. The van der Waals surface area contributed by atoms with Crippen LogP contribution in [0, 0.1) is 6.92 Å². The molecule has 0 aliphatic carbocycles. The number of aryl methyl sites for hydroxylation is 1. The van der Waals surface area contributed by atoms with E-state index in [0.717, 1.165) is 16.6 Å². The number of hydrogen-bond acceptors (Lipinski definition) is 6. The maximum absolute atomic E-state index is 11.9. The Kier molecular flexibility index (Phi) is 5.38. The average molecular weight is 417 g/mol. The highest BCUT2D eigenvalue weighted by Gasteiger charge is 2.44. The van der Waals surface area contributed by atoms with Crippen LogP contribution in [0.4, 0.5) is 5.69 Å². The molecule has 4 rings (SSSR count). The number of rotatable bonds is 5. The van der Waals surface area contributed by atoms with Crippen molar-refractivity contribution in [3.8, 4) is 5.75 Å². The first-order valence-electron chi connectivity index (χ1n) is 9.45. The Morgan fingerprint density at radius 1 is 1.14 bits per heavy atom. The summed E-state index contributed by atoms with van der Waals surface area (Å²) in [5, 5.41) is 0.930. The van der Waals surface area contributed by atoms with Gasteiger partial charge in [0.15, 0.2) is 15.0 Å². The van der Waals surface area contributed by atoms with Crippen LogP contribution in [0.25, 0.3) is 0 Å². The first-order chi connectivity index (χ1) is 13.4. The van der Waals surface area contributed by atoms with Crippen LogP contribution in [-0.2, 0) is 16.4 Å². The average Bonchev–Trinajstić information content (AvgIpc) is 3.15. The van der Waals surface area contributed by atoms with Crippen LogP contribution in [0.2, 0.25) is 0 Å². The molecule has 0 amide bonds. The number of fused-ring (bicyclic) bond motifs is 1. The molecule has 2 heterocycles. The quantitative estimate of drug-likeness (QED) is 0.744. The number of nitrogens with zero attached hydrogens (tertiary/aromatic N) is 2. The van der Waals surface area contributed by atoms with Crippen molar-refractivity contribution in [1.29, 1.82) is 0 Å². The molecule has 1 fully saturated rings. The monoisotopic (exact) mass is 416 g/mol. The van der Waals surface area contributed by atoms with E-state index in [1.165, 1.54) is 11.1 Å². The predicted octanol–water partition coefficient (Wildman–Crippen LogP) is 3.67. The lowest BCUT2D eigenvalue weighted by atomic mass is 10.1. The Hall–Kier alpha value is -1.99. The lowest BCUT2D eigenvalue weighted by molar-refractivity contribution is 0.340. The van der Waals surface area contributed by atoms with Crippen LogP contribution in [0.15, 0.2) is 53.5 Å². The largest absolute Gasteiger partial charge is 0.494 e. The zero-order valence-electron chi connectivity index (χ0n) is 16.0. The molecule has 2 aliphatic rings. The Morgan fingerprint density at radius 2 is 1.89 bits per heavy atom. The van der Waals surface area contributed by atoms with Crippen LogP contribution in [0.1, 0.15) is 18.1 Å². The Morgan fingerprint density at radius 3 is 2.57 bits per heavy atom. The molecule has 0 N–H and O–H groups in total. The molecule has 2 atom stereocenters. The lowest BCUT2D eigenvalue weighted by Crippen LogP contribution is -2.28. The minimum Gasteiger partial charge on any atom is -0.494 e. The lowest BCUT2D eigenvalue weighted by Gasteiger charge is -2.25. The highest BCUT2D eigenvalue weighted by molar-refractivity contribution is 8.15. The van der Waals surface area contributed by atoms with Gasteiger partial charge in [0.25, 0.3) is 0 Å². The first-order valence-corrected chi connectivity index (χ1v) is 12.1. The van der Waals surface area contributed by atoms with E-state index in [-0.39, 0.29) is 22.8 Å². The number of aliphatic imine (C=N–C) groups is 1. The van der Waals surface area contributed by atoms with Crippen LogP contribution in [-0.4, -0.2) is 43.0 Å². The van der Waals surface area contributed by atoms with E-state index < -0.39 is 9.84 Å². The SMILES string of the molecule is CCOc1ccc(N(Cc2ccccc2C)C2=N[C@H]3CS(=O)(=O)C[C@@H]3S2)cc1. The molecular formula is C21H24N2O3S2. The summed E-state index contributed by atoms with van der Waals surface area (Å²) in [6.45, 7) is 5.40. The summed E-state index contributed by atoms with van der Waals surface area (Å²) >= 11 is 1.59. The molecule has 28 heavy (non-hydrogen) atoms. The summed E-state index contributed by atoms with van der Waals surface area (Å²) < 4.78 is 29.4. The number of anilines is 1. The molecule has 5 nitrogen and oxygen atoms in total. The first kappa shape index (κ1) is 19.3. The van der Waals surface area contributed by atoms with Gasteiger partial charge in [-0.05, 0) is 49.2 Å². The summed E-state index contributed by atoms with van der Waals surface area (Å²) in [6, 6.07) is 16.2. The second-order valence-corrected chi connectivity index (χ2v) is 10.5. The molecule has 1 saturated heterocycles. The summed E-state index contributed by atoms with van der Waals surface area (Å²) in [7, 11) is -2.96. The van der Waals surface area contributed by atoms with E-state index >= 15 is 0 Å². The van der Waals surface area contributed by atoms with Crippen molar-refractivity contribution >= 4 is 32.5 Å². The standard InChI is InChI=1S/C21H24N2O3S2/c1-3-26-18-10-8-17(9-11-18)23(12-16-7-5-4-6-15(16)2)21-22-19-13-28(24,25)14-20(19)27-21/h4-11,19-20H,3,12-14H2,1-2H3/t19-,20-/m0/s1. The fourth-order valence-electron chi connectivity index (χ4n) is 3.59. The van der Waals surface area contributed by atoms with Crippen molar-refractivity contribution in [2.24, 2.45) is 4.99 Å². The summed E-state index contributed by atoms with van der Waals surface area (Å²) in [6.07, 6.45) is 0. The molecule has 0 spiro atoms. The summed E-state index contributed by atoms with van der Waals surface area (Å²) in [4.78, 5) is 6.99. The van der Waals surface area contributed by atoms with Gasteiger partial charge in [-0.1, -0.05) is 36.0 Å². The molecule has 0 aromatic heterocycles. The molecule has 0 bridgehead atoms. The van der Waals surface area contributed by atoms with Gasteiger partial charge in [-0.2, -0.15) is 0 Å². The van der Waals surface area contributed by atoms with Crippen molar-refractivity contribution in [1.82, 2.24) is 0 Å². The van der Waals surface area contributed by atoms with Gasteiger partial charge in [-0.15, -0.1) is 0 Å². The van der Waals surface area contributed by atoms with Crippen molar-refractivity contribution in [2.75, 3.05) is 23.0 Å². The number of benzene rings is 2. The van der Waals surface area contributed by atoms with E-state index in [1.54, 1.807) is 11.8 Å². The molecule has 2 aromatic rings. The summed E-state index contributed by atoms with van der Waals surface area (Å²) in [5.41, 5.74) is 3.48. The zero-order chi connectivity index (χ0) is 19.7. The molecule has 0 saturated carbocycles. The van der Waals surface area contributed by atoms with Gasteiger partial charge in [0.05, 0.1) is 30.7 Å². The maximum Gasteiger partial charge on any atom is 0.164 e. The number of hydrogen-bond donors (Lipinski definition) is 0. The third-order valence-corrected chi connectivity index (χ3v) is 8.33. The maximum atomic E-state index is 11.9. The molecule has 2 aliphatic heterocycles. The molecule has 7 heteroatoms. The van der Waals surface area contributed by atoms with Crippen molar-refractivity contribution in [2.45, 2.75) is 31.7 Å². The second-order valence-electron chi connectivity index (χ2n) is 7.15. The number of amidine groups is 1. The van der Waals surface area contributed by atoms with E-state index in [2.05, 4.69) is 24.0 Å². The highest BCUT2D eigenvalue weighted by atomic mass is 32.2. The minimum atomic E-state index is -2.96. The Bertz CT molecular complexity index is 987. The Balaban J connectivity index is 1.65. The Labute approximate surface area is 170 Å². The zero-order valence-corrected chi connectivity index (χ0v) is 17.7. The fourth-order valence-corrected chi connectivity index (χ4v) is 7.37. The van der Waals surface area contributed by atoms with Gasteiger partial charge in [0.2, 0.25) is 0 Å². The van der Waals surface area contributed by atoms with Gasteiger partial charge in [0.1, 0.15) is 5.75 Å². The topological polar surface area (TPSA) is 59.0 Å². The second kappa shape index (κ2) is 7.79. The van der Waals surface area contributed by atoms with Gasteiger partial charge in [-0.3, -0.25) is 4.99 Å². The number of thioether (sulfide) groups is 1. The van der Waals surface area contributed by atoms with Crippen LogP contribution >= 0.6 is 11.8 Å². The smallest absolute Gasteiger partial charge is 0.164 e. The van der Waals surface area contributed by atoms with Gasteiger partial charge in [-0.25, -0.2) is 8.42 Å². The molecule has 0 radical (unpaired) electrons. The van der Waals surface area contributed by atoms with Crippen LogP contribution in [0.3, 0.4) is 0 Å². The van der Waals surface area contributed by atoms with Crippen molar-refractivity contribution in [3.05, 3.63) is 59.7 Å². The molecular weight excluding hydrogens is 392 g/mol. The number of sulfone groups is 1. The van der Waals surface area contributed by atoms with E-state index in [1.807, 2.05) is 43.3 Å². The number of ether oxygens (including phenoxy) is 1. The van der Waals surface area contributed by atoms with E-state index in [0.29, 0.717) is 13.2 Å². The van der Waals surface area contributed by atoms with Crippen LogP contribution < -0.4 is 9.64 Å². The van der Waals surface area contributed by atoms with Gasteiger partial charge in [0, 0.05) is 10.9 Å².